The Labute approximate surface area is 101 Å². The number of ketones is 1. The second-order valence-electron chi connectivity index (χ2n) is 4.90. The lowest BCUT2D eigenvalue weighted by Gasteiger charge is -2.24. The van der Waals surface area contributed by atoms with Crippen LogP contribution in [0.15, 0.2) is 18.5 Å². The minimum absolute atomic E-state index is 0.0656. The number of fused-ring (bicyclic) bond motifs is 3. The van der Waals surface area contributed by atoms with Gasteiger partial charge in [-0.15, -0.1) is 0 Å². The van der Waals surface area contributed by atoms with Gasteiger partial charge in [0.1, 0.15) is 5.78 Å². The lowest BCUT2D eigenvalue weighted by atomic mass is 9.96. The minimum Gasteiger partial charge on any atom is -0.369 e. The highest BCUT2D eigenvalue weighted by Gasteiger charge is 2.46. The van der Waals surface area contributed by atoms with Crippen molar-refractivity contribution < 1.29 is 4.79 Å². The van der Waals surface area contributed by atoms with E-state index >= 15 is 0 Å². The Kier molecular flexibility index (Phi) is 2.40. The van der Waals surface area contributed by atoms with Crippen LogP contribution in [0, 0.1) is 0 Å². The van der Waals surface area contributed by atoms with Gasteiger partial charge in [0, 0.05) is 36.0 Å². The normalized spacial score (nSPS) is 30.8. The number of hydrogen-bond acceptors (Lipinski definition) is 4. The van der Waals surface area contributed by atoms with Crippen LogP contribution in [0.3, 0.4) is 0 Å². The van der Waals surface area contributed by atoms with Gasteiger partial charge in [-0.2, -0.15) is 0 Å². The van der Waals surface area contributed by atoms with Crippen LogP contribution in [0.2, 0.25) is 0 Å². The van der Waals surface area contributed by atoms with Gasteiger partial charge in [-0.1, -0.05) is 6.92 Å². The monoisotopic (exact) mass is 231 g/mol. The number of rotatable bonds is 2. The van der Waals surface area contributed by atoms with Crippen LogP contribution in [-0.2, 0) is 4.79 Å². The number of nitrogens with one attached hydrogen (secondary N) is 1. The SMILES string of the molecule is CCC(=O)C1CC2c3cnccc3NC2N1C. The molecule has 1 fully saturated rings. The van der Waals surface area contributed by atoms with Crippen LogP contribution in [0.5, 0.6) is 0 Å². The highest BCUT2D eigenvalue weighted by molar-refractivity contribution is 5.84. The van der Waals surface area contributed by atoms with Crippen LogP contribution in [-0.4, -0.2) is 34.9 Å². The van der Waals surface area contributed by atoms with Crippen molar-refractivity contribution in [1.82, 2.24) is 9.88 Å². The average molecular weight is 231 g/mol. The molecule has 3 heterocycles. The Balaban J connectivity index is 1.90. The zero-order chi connectivity index (χ0) is 12.0. The van der Waals surface area contributed by atoms with Gasteiger partial charge in [-0.3, -0.25) is 14.7 Å². The largest absolute Gasteiger partial charge is 0.369 e. The molecule has 0 aromatic carbocycles. The van der Waals surface area contributed by atoms with Crippen molar-refractivity contribution in [1.29, 1.82) is 0 Å². The van der Waals surface area contributed by atoms with E-state index in [1.165, 1.54) is 11.3 Å². The van der Waals surface area contributed by atoms with E-state index in [9.17, 15) is 4.79 Å². The van der Waals surface area contributed by atoms with E-state index in [-0.39, 0.29) is 12.2 Å². The fraction of sp³-hybridized carbons (Fsp3) is 0.538. The first-order chi connectivity index (χ1) is 8.22. The maximum absolute atomic E-state index is 11.9. The molecule has 0 radical (unpaired) electrons. The first-order valence-electron chi connectivity index (χ1n) is 6.17. The molecule has 4 nitrogen and oxygen atoms in total. The topological polar surface area (TPSA) is 45.2 Å². The molecule has 3 atom stereocenters. The molecule has 90 valence electrons. The molecule has 3 unspecified atom stereocenters. The molecule has 0 aliphatic carbocycles. The molecular weight excluding hydrogens is 214 g/mol. The smallest absolute Gasteiger partial charge is 0.149 e. The number of Topliss-reactive ketones (excluding diaryl/α,β-unsaturated/α-hetero) is 1. The summed E-state index contributed by atoms with van der Waals surface area (Å²) in [4.78, 5) is 18.2. The maximum atomic E-state index is 11.9. The van der Waals surface area contributed by atoms with E-state index in [1.807, 2.05) is 32.4 Å². The van der Waals surface area contributed by atoms with E-state index in [1.54, 1.807) is 0 Å². The summed E-state index contributed by atoms with van der Waals surface area (Å²) in [7, 11) is 2.04. The molecule has 3 rings (SSSR count). The number of likely N-dealkylation sites (tertiary alicyclic amines) is 1. The summed E-state index contributed by atoms with van der Waals surface area (Å²) in [5.41, 5.74) is 2.43. The Bertz CT molecular complexity index is 460. The molecule has 2 aliphatic rings. The highest BCUT2D eigenvalue weighted by atomic mass is 16.1. The Morgan fingerprint density at radius 3 is 3.24 bits per heavy atom. The quantitative estimate of drug-likeness (QED) is 0.839. The van der Waals surface area contributed by atoms with Crippen LogP contribution in [0.4, 0.5) is 5.69 Å². The molecule has 2 aliphatic heterocycles. The van der Waals surface area contributed by atoms with Crippen molar-refractivity contribution in [2.75, 3.05) is 12.4 Å². The van der Waals surface area contributed by atoms with Gasteiger partial charge >= 0.3 is 0 Å². The third-order valence-corrected chi connectivity index (χ3v) is 4.06. The number of likely N-dealkylation sites (N-methyl/N-ethyl adjacent to an activating group) is 1. The van der Waals surface area contributed by atoms with Crippen LogP contribution in [0.25, 0.3) is 0 Å². The summed E-state index contributed by atoms with van der Waals surface area (Å²) in [6.07, 6.45) is 5.53. The summed E-state index contributed by atoms with van der Waals surface area (Å²) >= 11 is 0. The van der Waals surface area contributed by atoms with Gasteiger partial charge in [0.05, 0.1) is 12.2 Å². The van der Waals surface area contributed by atoms with Crippen molar-refractivity contribution >= 4 is 11.5 Å². The predicted molar refractivity (Wildman–Crippen MR) is 65.9 cm³/mol. The molecule has 1 aromatic heterocycles. The zero-order valence-corrected chi connectivity index (χ0v) is 10.2. The molecular formula is C13H17N3O. The summed E-state index contributed by atoms with van der Waals surface area (Å²) in [6, 6.07) is 2.08. The van der Waals surface area contributed by atoms with E-state index in [0.717, 1.165) is 6.42 Å². The Morgan fingerprint density at radius 1 is 1.65 bits per heavy atom. The highest BCUT2D eigenvalue weighted by Crippen LogP contribution is 2.45. The molecule has 0 amide bonds. The van der Waals surface area contributed by atoms with E-state index in [2.05, 4.69) is 15.2 Å². The average Bonchev–Trinajstić information content (AvgIpc) is 2.86. The first kappa shape index (κ1) is 10.7. The van der Waals surface area contributed by atoms with E-state index in [4.69, 9.17) is 0 Å². The van der Waals surface area contributed by atoms with E-state index in [0.29, 0.717) is 18.1 Å². The van der Waals surface area contributed by atoms with Gasteiger partial charge < -0.3 is 5.32 Å². The van der Waals surface area contributed by atoms with Crippen molar-refractivity contribution in [3.05, 3.63) is 24.0 Å². The molecule has 0 bridgehead atoms. The number of carbonyl (C=O) groups is 1. The zero-order valence-electron chi connectivity index (χ0n) is 10.2. The summed E-state index contributed by atoms with van der Waals surface area (Å²) in [5, 5.41) is 3.49. The van der Waals surface area contributed by atoms with Crippen molar-refractivity contribution in [3.63, 3.8) is 0 Å². The van der Waals surface area contributed by atoms with Gasteiger partial charge in [-0.25, -0.2) is 0 Å². The lowest BCUT2D eigenvalue weighted by molar-refractivity contribution is -0.122. The third kappa shape index (κ3) is 1.47. The standard InChI is InChI=1S/C13H17N3O/c1-3-12(17)11-6-8-9-7-14-5-4-10(9)15-13(8)16(11)2/h4-5,7-8,11,13,15H,3,6H2,1-2H3. The summed E-state index contributed by atoms with van der Waals surface area (Å²) in [5.74, 6) is 0.748. The van der Waals surface area contributed by atoms with Crippen LogP contribution >= 0.6 is 0 Å². The molecule has 0 saturated carbocycles. The fourth-order valence-electron chi connectivity index (χ4n) is 3.10. The van der Waals surface area contributed by atoms with Crippen molar-refractivity contribution in [3.8, 4) is 0 Å². The molecule has 1 N–H and O–H groups in total. The third-order valence-electron chi connectivity index (χ3n) is 4.06. The number of pyridine rings is 1. The van der Waals surface area contributed by atoms with E-state index < -0.39 is 0 Å². The predicted octanol–water partition coefficient (Wildman–Crippen LogP) is 1.60. The summed E-state index contributed by atoms with van der Waals surface area (Å²) < 4.78 is 0. The van der Waals surface area contributed by atoms with Crippen LogP contribution in [0.1, 0.15) is 31.2 Å². The Hall–Kier alpha value is -1.42. The minimum atomic E-state index is 0.0656. The number of aromatic nitrogens is 1. The fourth-order valence-corrected chi connectivity index (χ4v) is 3.10. The number of anilines is 1. The summed E-state index contributed by atoms with van der Waals surface area (Å²) in [6.45, 7) is 1.94. The van der Waals surface area contributed by atoms with Gasteiger partial charge in [-0.05, 0) is 19.5 Å². The number of carbonyl (C=O) groups excluding carboxylic acids is 1. The maximum Gasteiger partial charge on any atom is 0.149 e. The molecule has 1 saturated heterocycles. The molecule has 17 heavy (non-hydrogen) atoms. The lowest BCUT2D eigenvalue weighted by Crippen LogP contribution is -2.40. The molecule has 4 heteroatoms. The molecule has 1 aromatic rings. The second-order valence-corrected chi connectivity index (χ2v) is 4.90. The van der Waals surface area contributed by atoms with Gasteiger partial charge in [0.25, 0.3) is 0 Å². The first-order valence-corrected chi connectivity index (χ1v) is 6.17. The van der Waals surface area contributed by atoms with Gasteiger partial charge in [0.15, 0.2) is 0 Å². The van der Waals surface area contributed by atoms with Crippen molar-refractivity contribution in [2.24, 2.45) is 0 Å². The Morgan fingerprint density at radius 2 is 2.47 bits per heavy atom. The number of hydrogen-bond donors (Lipinski definition) is 1. The molecule has 0 spiro atoms. The number of nitrogens with zero attached hydrogens (tertiary/aromatic N) is 2. The van der Waals surface area contributed by atoms with Crippen LogP contribution < -0.4 is 5.32 Å². The second kappa shape index (κ2) is 3.81. The van der Waals surface area contributed by atoms with Gasteiger partial charge in [0.2, 0.25) is 0 Å². The van der Waals surface area contributed by atoms with Crippen molar-refractivity contribution in [2.45, 2.75) is 37.9 Å².